The minimum atomic E-state index is -1.91. The zero-order valence-corrected chi connectivity index (χ0v) is 9.33. The van der Waals surface area contributed by atoms with Crippen LogP contribution in [0.25, 0.3) is 0 Å². The third kappa shape index (κ3) is 2.60. The van der Waals surface area contributed by atoms with Crippen LogP contribution < -0.4 is 5.73 Å². The molecule has 98 valence electrons. The van der Waals surface area contributed by atoms with E-state index in [1.165, 1.54) is 6.92 Å². The molecular formula is C10H11FN2O5. The summed E-state index contributed by atoms with van der Waals surface area (Å²) in [6.45, 7) is 1.37. The summed E-state index contributed by atoms with van der Waals surface area (Å²) in [4.78, 5) is 20.3. The monoisotopic (exact) mass is 258 g/mol. The van der Waals surface area contributed by atoms with Gasteiger partial charge in [0.15, 0.2) is 6.10 Å². The zero-order chi connectivity index (χ0) is 14.0. The number of aryl methyl sites for hydroxylation is 1. The van der Waals surface area contributed by atoms with Crippen LogP contribution >= 0.6 is 0 Å². The van der Waals surface area contributed by atoms with Crippen molar-refractivity contribution in [2.45, 2.75) is 19.1 Å². The lowest BCUT2D eigenvalue weighted by atomic mass is 9.98. The molecule has 0 spiro atoms. The molecule has 0 aliphatic heterocycles. The Morgan fingerprint density at radius 1 is 1.50 bits per heavy atom. The molecule has 0 radical (unpaired) electrons. The van der Waals surface area contributed by atoms with Gasteiger partial charge in [0.25, 0.3) is 0 Å². The van der Waals surface area contributed by atoms with E-state index in [1.807, 2.05) is 0 Å². The molecule has 1 amide bonds. The molecule has 4 N–H and O–H groups in total. The summed E-state index contributed by atoms with van der Waals surface area (Å²) >= 11 is 0. The van der Waals surface area contributed by atoms with Gasteiger partial charge in [-0.1, -0.05) is 0 Å². The normalized spacial score (nSPS) is 14.0. The third-order valence-corrected chi connectivity index (χ3v) is 2.44. The van der Waals surface area contributed by atoms with Crippen LogP contribution in [0, 0.1) is 22.9 Å². The van der Waals surface area contributed by atoms with Crippen LogP contribution in [0.5, 0.6) is 0 Å². The molecule has 8 heteroatoms. The number of rotatable bonds is 4. The van der Waals surface area contributed by atoms with Gasteiger partial charge in [0.05, 0.1) is 4.92 Å². The molecule has 0 aromatic heterocycles. The van der Waals surface area contributed by atoms with E-state index in [4.69, 9.17) is 5.73 Å². The molecule has 1 aromatic rings. The predicted octanol–water partition coefficient (Wildman–Crippen LogP) is -0.0781. The Bertz CT molecular complexity index is 505. The second-order valence-electron chi connectivity index (χ2n) is 3.71. The van der Waals surface area contributed by atoms with Crippen molar-refractivity contribution in [1.82, 2.24) is 0 Å². The van der Waals surface area contributed by atoms with E-state index in [2.05, 4.69) is 0 Å². The first-order valence-electron chi connectivity index (χ1n) is 4.85. The fraction of sp³-hybridized carbons (Fsp3) is 0.300. The lowest BCUT2D eigenvalue weighted by Gasteiger charge is -2.17. The molecule has 0 fully saturated rings. The quantitative estimate of drug-likeness (QED) is 0.514. The number of amides is 1. The number of aliphatic hydroxyl groups is 2. The number of nitro groups is 1. The van der Waals surface area contributed by atoms with Crippen LogP contribution in [0.1, 0.15) is 17.2 Å². The number of aliphatic hydroxyl groups excluding tert-OH is 2. The highest BCUT2D eigenvalue weighted by Crippen LogP contribution is 2.27. The minimum Gasteiger partial charge on any atom is -0.385 e. The molecule has 0 heterocycles. The summed E-state index contributed by atoms with van der Waals surface area (Å²) in [6, 6.07) is 1.60. The summed E-state index contributed by atoms with van der Waals surface area (Å²) in [5.41, 5.74) is 4.06. The lowest BCUT2D eigenvalue weighted by Crippen LogP contribution is -2.34. The highest BCUT2D eigenvalue weighted by Gasteiger charge is 2.27. The number of hydrogen-bond acceptors (Lipinski definition) is 5. The molecule has 0 saturated carbocycles. The van der Waals surface area contributed by atoms with Crippen molar-refractivity contribution in [2.75, 3.05) is 0 Å². The van der Waals surface area contributed by atoms with E-state index in [9.17, 15) is 29.5 Å². The molecule has 2 atom stereocenters. The molecule has 0 bridgehead atoms. The van der Waals surface area contributed by atoms with Crippen LogP contribution in [-0.4, -0.2) is 27.1 Å². The van der Waals surface area contributed by atoms with Gasteiger partial charge in [0.1, 0.15) is 6.10 Å². The molecule has 1 rings (SSSR count). The Hall–Kier alpha value is -2.06. The highest BCUT2D eigenvalue weighted by atomic mass is 19.1. The number of carbonyl (C=O) groups is 1. The molecule has 0 saturated heterocycles. The van der Waals surface area contributed by atoms with Crippen LogP contribution in [0.3, 0.4) is 0 Å². The average molecular weight is 258 g/mol. The Balaban J connectivity index is 3.23. The van der Waals surface area contributed by atoms with Gasteiger partial charge in [-0.15, -0.1) is 0 Å². The van der Waals surface area contributed by atoms with Gasteiger partial charge in [0.2, 0.25) is 11.7 Å². The van der Waals surface area contributed by atoms with E-state index in [0.717, 1.165) is 6.07 Å². The lowest BCUT2D eigenvalue weighted by molar-refractivity contribution is -0.387. The van der Waals surface area contributed by atoms with E-state index >= 15 is 0 Å². The van der Waals surface area contributed by atoms with Crippen molar-refractivity contribution < 1.29 is 24.3 Å². The fourth-order valence-corrected chi connectivity index (χ4v) is 1.47. The van der Waals surface area contributed by atoms with E-state index in [1.54, 1.807) is 0 Å². The minimum absolute atomic E-state index is 0.135. The molecule has 2 unspecified atom stereocenters. The summed E-state index contributed by atoms with van der Waals surface area (Å²) in [6.07, 6.45) is -3.65. The van der Waals surface area contributed by atoms with Gasteiger partial charge >= 0.3 is 5.69 Å². The summed E-state index contributed by atoms with van der Waals surface area (Å²) in [5.74, 6) is -2.35. The first-order valence-corrected chi connectivity index (χ1v) is 4.85. The number of nitro benzene ring substituents is 1. The van der Waals surface area contributed by atoms with Gasteiger partial charge in [-0.3, -0.25) is 14.9 Å². The summed E-state index contributed by atoms with van der Waals surface area (Å²) in [7, 11) is 0. The van der Waals surface area contributed by atoms with Gasteiger partial charge in [-0.2, -0.15) is 4.39 Å². The van der Waals surface area contributed by atoms with Crippen LogP contribution in [0.4, 0.5) is 10.1 Å². The number of hydrogen-bond donors (Lipinski definition) is 3. The first kappa shape index (κ1) is 14.0. The molecular weight excluding hydrogens is 247 g/mol. The third-order valence-electron chi connectivity index (χ3n) is 2.44. The maximum absolute atomic E-state index is 13.4. The zero-order valence-electron chi connectivity index (χ0n) is 9.33. The van der Waals surface area contributed by atoms with Crippen molar-refractivity contribution in [3.05, 3.63) is 39.2 Å². The summed E-state index contributed by atoms with van der Waals surface area (Å²) in [5, 5.41) is 29.3. The van der Waals surface area contributed by atoms with E-state index < -0.39 is 34.5 Å². The molecule has 0 aliphatic carbocycles. The number of nitrogens with zero attached hydrogens (tertiary/aromatic N) is 1. The SMILES string of the molecule is Cc1cc([N+](=O)[O-])c(F)cc1C(O)C(O)C(N)=O. The van der Waals surface area contributed by atoms with Gasteiger partial charge in [-0.25, -0.2) is 0 Å². The maximum Gasteiger partial charge on any atom is 0.305 e. The highest BCUT2D eigenvalue weighted by molar-refractivity contribution is 5.79. The predicted molar refractivity (Wildman–Crippen MR) is 58.0 cm³/mol. The second-order valence-corrected chi connectivity index (χ2v) is 3.71. The Morgan fingerprint density at radius 3 is 2.50 bits per heavy atom. The summed E-state index contributed by atoms with van der Waals surface area (Å²) < 4.78 is 13.4. The first-order chi connectivity index (χ1) is 8.25. The Kier molecular flexibility index (Phi) is 3.94. The van der Waals surface area contributed by atoms with Crippen molar-refractivity contribution in [3.63, 3.8) is 0 Å². The van der Waals surface area contributed by atoms with Gasteiger partial charge in [-0.05, 0) is 24.1 Å². The van der Waals surface area contributed by atoms with E-state index in [-0.39, 0.29) is 11.1 Å². The number of primary amides is 1. The van der Waals surface area contributed by atoms with Crippen molar-refractivity contribution in [2.24, 2.45) is 5.73 Å². The number of nitrogens with two attached hydrogens (primary N) is 1. The average Bonchev–Trinajstić information content (AvgIpc) is 2.29. The van der Waals surface area contributed by atoms with E-state index in [0.29, 0.717) is 6.07 Å². The van der Waals surface area contributed by atoms with Crippen LogP contribution in [0.2, 0.25) is 0 Å². The molecule has 7 nitrogen and oxygen atoms in total. The van der Waals surface area contributed by atoms with Crippen LogP contribution in [0.15, 0.2) is 12.1 Å². The van der Waals surface area contributed by atoms with Crippen molar-refractivity contribution in [1.29, 1.82) is 0 Å². The molecule has 0 aliphatic rings. The Labute approximate surface area is 101 Å². The number of halogens is 1. The van der Waals surface area contributed by atoms with Crippen molar-refractivity contribution >= 4 is 11.6 Å². The molecule has 1 aromatic carbocycles. The van der Waals surface area contributed by atoms with Crippen LogP contribution in [-0.2, 0) is 4.79 Å². The van der Waals surface area contributed by atoms with Gasteiger partial charge in [0, 0.05) is 6.07 Å². The maximum atomic E-state index is 13.4. The Morgan fingerprint density at radius 2 is 2.06 bits per heavy atom. The standard InChI is InChI=1S/C10H11FN2O5/c1-4-2-7(13(17)18)6(11)3-5(4)8(14)9(15)10(12)16/h2-3,8-9,14-15H,1H3,(H2,12,16). The number of carbonyl (C=O) groups excluding carboxylic acids is 1. The number of benzene rings is 1. The largest absolute Gasteiger partial charge is 0.385 e. The van der Waals surface area contributed by atoms with Gasteiger partial charge < -0.3 is 15.9 Å². The smallest absolute Gasteiger partial charge is 0.305 e. The van der Waals surface area contributed by atoms with Crippen molar-refractivity contribution in [3.8, 4) is 0 Å². The fourth-order valence-electron chi connectivity index (χ4n) is 1.47. The topological polar surface area (TPSA) is 127 Å². The molecule has 18 heavy (non-hydrogen) atoms. The second kappa shape index (κ2) is 5.07.